The van der Waals surface area contributed by atoms with Crippen molar-refractivity contribution < 1.29 is 4.74 Å². The minimum Gasteiger partial charge on any atom is -0.380 e. The Kier molecular flexibility index (Phi) is 4.60. The van der Waals surface area contributed by atoms with Gasteiger partial charge in [-0.2, -0.15) is 5.10 Å². The molecule has 1 aromatic heterocycles. The van der Waals surface area contributed by atoms with Gasteiger partial charge < -0.3 is 10.1 Å². The highest BCUT2D eigenvalue weighted by Gasteiger charge is 2.17. The van der Waals surface area contributed by atoms with Crippen LogP contribution in [0.2, 0.25) is 0 Å². The first-order valence-electron chi connectivity index (χ1n) is 6.78. The molecule has 1 N–H and O–H groups in total. The maximum Gasteiger partial charge on any atom is 0.128 e. The first kappa shape index (κ1) is 13.4. The fourth-order valence-corrected chi connectivity index (χ4v) is 2.46. The van der Waals surface area contributed by atoms with E-state index in [1.165, 1.54) is 5.56 Å². The first-order chi connectivity index (χ1) is 8.72. The predicted molar refractivity (Wildman–Crippen MR) is 72.8 cm³/mol. The van der Waals surface area contributed by atoms with Crippen LogP contribution in [-0.2, 0) is 18.3 Å². The minimum atomic E-state index is 0.843. The number of hydrogen-bond donors (Lipinski definition) is 1. The van der Waals surface area contributed by atoms with Crippen molar-refractivity contribution in [1.29, 1.82) is 0 Å². The van der Waals surface area contributed by atoms with E-state index in [1.807, 2.05) is 11.7 Å². The highest BCUT2D eigenvalue weighted by Crippen LogP contribution is 2.21. The number of anilines is 1. The second kappa shape index (κ2) is 6.20. The van der Waals surface area contributed by atoms with Crippen LogP contribution in [0.1, 0.15) is 24.6 Å². The zero-order valence-electron chi connectivity index (χ0n) is 11.7. The van der Waals surface area contributed by atoms with Gasteiger partial charge in [0.2, 0.25) is 0 Å². The van der Waals surface area contributed by atoms with E-state index in [0.717, 1.165) is 57.3 Å². The van der Waals surface area contributed by atoms with Gasteiger partial charge in [0.15, 0.2) is 0 Å². The predicted octanol–water partition coefficient (Wildman–Crippen LogP) is 1.38. The van der Waals surface area contributed by atoms with Crippen LogP contribution in [0.4, 0.5) is 5.82 Å². The molecule has 1 aromatic rings. The Labute approximate surface area is 109 Å². The summed E-state index contributed by atoms with van der Waals surface area (Å²) < 4.78 is 7.44. The van der Waals surface area contributed by atoms with Gasteiger partial charge in [-0.25, -0.2) is 0 Å². The van der Waals surface area contributed by atoms with Crippen LogP contribution >= 0.6 is 0 Å². The van der Waals surface area contributed by atoms with Crippen LogP contribution in [-0.4, -0.2) is 47.5 Å². The number of nitrogens with zero attached hydrogens (tertiary/aromatic N) is 3. The summed E-state index contributed by atoms with van der Waals surface area (Å²) in [7, 11) is 2.00. The minimum absolute atomic E-state index is 0.843. The largest absolute Gasteiger partial charge is 0.380 e. The third-order valence-electron chi connectivity index (χ3n) is 3.39. The molecule has 2 heterocycles. The van der Waals surface area contributed by atoms with Gasteiger partial charge in [0.05, 0.1) is 12.3 Å². The van der Waals surface area contributed by atoms with Gasteiger partial charge in [0, 0.05) is 45.4 Å². The Morgan fingerprint density at radius 3 is 2.94 bits per heavy atom. The Bertz CT molecular complexity index is 381. The standard InChI is InChI=1S/C13H24N4O/c1-4-14-13-12(11(2)15-16(13)3)10-17-6-5-8-18-9-7-17/h14H,4-10H2,1-3H3. The van der Waals surface area contributed by atoms with Crippen molar-refractivity contribution >= 4 is 5.82 Å². The summed E-state index contributed by atoms with van der Waals surface area (Å²) in [6, 6.07) is 0. The van der Waals surface area contributed by atoms with E-state index in [1.54, 1.807) is 0 Å². The van der Waals surface area contributed by atoms with Crippen molar-refractivity contribution in [2.75, 3.05) is 38.2 Å². The van der Waals surface area contributed by atoms with E-state index < -0.39 is 0 Å². The summed E-state index contributed by atoms with van der Waals surface area (Å²) in [4.78, 5) is 2.46. The summed E-state index contributed by atoms with van der Waals surface area (Å²) >= 11 is 0. The number of aryl methyl sites for hydroxylation is 2. The maximum atomic E-state index is 5.50. The molecule has 0 aromatic carbocycles. The van der Waals surface area contributed by atoms with Crippen molar-refractivity contribution in [3.63, 3.8) is 0 Å². The van der Waals surface area contributed by atoms with Gasteiger partial charge in [-0.15, -0.1) is 0 Å². The van der Waals surface area contributed by atoms with Crippen molar-refractivity contribution in [3.8, 4) is 0 Å². The molecular weight excluding hydrogens is 228 g/mol. The molecule has 0 atom stereocenters. The highest BCUT2D eigenvalue weighted by molar-refractivity contribution is 5.47. The molecule has 2 rings (SSSR count). The molecule has 0 saturated carbocycles. The lowest BCUT2D eigenvalue weighted by Crippen LogP contribution is -2.26. The van der Waals surface area contributed by atoms with Gasteiger partial charge in [-0.05, 0) is 20.3 Å². The van der Waals surface area contributed by atoms with E-state index >= 15 is 0 Å². The second-order valence-corrected chi connectivity index (χ2v) is 4.81. The molecule has 0 aliphatic carbocycles. The fraction of sp³-hybridized carbons (Fsp3) is 0.769. The summed E-state index contributed by atoms with van der Waals surface area (Å²) in [5.41, 5.74) is 2.44. The Morgan fingerprint density at radius 2 is 2.17 bits per heavy atom. The average Bonchev–Trinajstić information content (AvgIpc) is 2.57. The first-order valence-corrected chi connectivity index (χ1v) is 6.78. The zero-order chi connectivity index (χ0) is 13.0. The SMILES string of the molecule is CCNc1c(CN2CCCOCC2)c(C)nn1C. The summed E-state index contributed by atoms with van der Waals surface area (Å²) in [6.45, 7) is 9.95. The summed E-state index contributed by atoms with van der Waals surface area (Å²) in [5, 5.41) is 7.93. The quantitative estimate of drug-likeness (QED) is 0.879. The van der Waals surface area contributed by atoms with Crippen molar-refractivity contribution in [2.24, 2.45) is 7.05 Å². The molecule has 1 aliphatic rings. The van der Waals surface area contributed by atoms with Gasteiger partial charge in [-0.3, -0.25) is 9.58 Å². The number of rotatable bonds is 4. The molecule has 0 unspecified atom stereocenters. The fourth-order valence-electron chi connectivity index (χ4n) is 2.46. The molecule has 1 fully saturated rings. The molecule has 0 spiro atoms. The van der Waals surface area contributed by atoms with Gasteiger partial charge >= 0.3 is 0 Å². The summed E-state index contributed by atoms with van der Waals surface area (Å²) in [6.07, 6.45) is 1.12. The molecule has 1 saturated heterocycles. The van der Waals surface area contributed by atoms with Crippen LogP contribution in [0, 0.1) is 6.92 Å². The molecular formula is C13H24N4O. The van der Waals surface area contributed by atoms with Gasteiger partial charge in [0.1, 0.15) is 5.82 Å². The maximum absolute atomic E-state index is 5.50. The van der Waals surface area contributed by atoms with Crippen LogP contribution in [0.5, 0.6) is 0 Å². The lowest BCUT2D eigenvalue weighted by atomic mass is 10.2. The van der Waals surface area contributed by atoms with E-state index in [4.69, 9.17) is 4.74 Å². The van der Waals surface area contributed by atoms with Crippen LogP contribution in [0.3, 0.4) is 0 Å². The average molecular weight is 252 g/mol. The molecule has 5 nitrogen and oxygen atoms in total. The van der Waals surface area contributed by atoms with Crippen LogP contribution < -0.4 is 5.32 Å². The molecule has 0 bridgehead atoms. The molecule has 18 heavy (non-hydrogen) atoms. The van der Waals surface area contributed by atoms with Crippen molar-refractivity contribution in [1.82, 2.24) is 14.7 Å². The van der Waals surface area contributed by atoms with Crippen molar-refractivity contribution in [3.05, 3.63) is 11.3 Å². The Balaban J connectivity index is 2.11. The molecule has 0 radical (unpaired) electrons. The summed E-state index contributed by atoms with van der Waals surface area (Å²) in [5.74, 6) is 1.15. The topological polar surface area (TPSA) is 42.3 Å². The van der Waals surface area contributed by atoms with Gasteiger partial charge in [0.25, 0.3) is 0 Å². The number of hydrogen-bond acceptors (Lipinski definition) is 4. The Morgan fingerprint density at radius 1 is 1.33 bits per heavy atom. The molecule has 5 heteroatoms. The normalized spacial score (nSPS) is 17.7. The molecule has 1 aliphatic heterocycles. The third-order valence-corrected chi connectivity index (χ3v) is 3.39. The van der Waals surface area contributed by atoms with E-state index in [0.29, 0.717) is 0 Å². The smallest absolute Gasteiger partial charge is 0.128 e. The lowest BCUT2D eigenvalue weighted by Gasteiger charge is -2.19. The van der Waals surface area contributed by atoms with Crippen molar-refractivity contribution in [2.45, 2.75) is 26.8 Å². The second-order valence-electron chi connectivity index (χ2n) is 4.81. The zero-order valence-corrected chi connectivity index (χ0v) is 11.7. The third kappa shape index (κ3) is 3.03. The lowest BCUT2D eigenvalue weighted by molar-refractivity contribution is 0.140. The van der Waals surface area contributed by atoms with Crippen LogP contribution in [0.25, 0.3) is 0 Å². The number of ether oxygens (including phenoxy) is 1. The highest BCUT2D eigenvalue weighted by atomic mass is 16.5. The van der Waals surface area contributed by atoms with E-state index in [2.05, 4.69) is 29.2 Å². The van der Waals surface area contributed by atoms with E-state index in [9.17, 15) is 0 Å². The van der Waals surface area contributed by atoms with Gasteiger partial charge in [-0.1, -0.05) is 0 Å². The Hall–Kier alpha value is -1.07. The number of aromatic nitrogens is 2. The van der Waals surface area contributed by atoms with E-state index in [-0.39, 0.29) is 0 Å². The van der Waals surface area contributed by atoms with Crippen LogP contribution in [0.15, 0.2) is 0 Å². The molecule has 102 valence electrons. The monoisotopic (exact) mass is 252 g/mol. The molecule has 0 amide bonds. The number of nitrogens with one attached hydrogen (secondary N) is 1.